The Balaban J connectivity index is 2.21. The molecule has 0 amide bonds. The van der Waals surface area contributed by atoms with Crippen molar-refractivity contribution in [2.45, 2.75) is 16.8 Å². The minimum absolute atomic E-state index is 0.792. The average Bonchev–Trinajstić information content (AvgIpc) is 2.49. The Kier molecular flexibility index (Phi) is 2.68. The first-order valence-electron chi connectivity index (χ1n) is 4.69. The normalized spacial score (nSPS) is 10.5. The molecule has 0 fully saturated rings. The molecule has 1 heterocycles. The van der Waals surface area contributed by atoms with Gasteiger partial charge in [-0.05, 0) is 37.3 Å². The summed E-state index contributed by atoms with van der Waals surface area (Å²) in [5, 5.41) is 5.43. The van der Waals surface area contributed by atoms with Crippen molar-refractivity contribution < 1.29 is 0 Å². The largest absolute Gasteiger partial charge is 0.399 e. The first-order chi connectivity index (χ1) is 7.15. The summed E-state index contributed by atoms with van der Waals surface area (Å²) in [7, 11) is 1.95. The van der Waals surface area contributed by atoms with Crippen LogP contribution in [0.1, 0.15) is 5.69 Å². The monoisotopic (exact) mass is 219 g/mol. The van der Waals surface area contributed by atoms with Gasteiger partial charge >= 0.3 is 0 Å². The summed E-state index contributed by atoms with van der Waals surface area (Å²) in [4.78, 5) is 1.17. The summed E-state index contributed by atoms with van der Waals surface area (Å²) in [6.07, 6.45) is 0. The summed E-state index contributed by atoms with van der Waals surface area (Å²) in [6.45, 7) is 1.99. The zero-order valence-electron chi connectivity index (χ0n) is 8.77. The van der Waals surface area contributed by atoms with Gasteiger partial charge in [0.2, 0.25) is 0 Å². The van der Waals surface area contributed by atoms with E-state index in [1.165, 1.54) is 4.90 Å². The Morgan fingerprint density at radius 2 is 1.93 bits per heavy atom. The van der Waals surface area contributed by atoms with Crippen molar-refractivity contribution >= 4 is 17.4 Å². The Hall–Kier alpha value is -1.42. The second-order valence-corrected chi connectivity index (χ2v) is 4.51. The average molecular weight is 219 g/mol. The highest BCUT2D eigenvalue weighted by atomic mass is 32.2. The maximum atomic E-state index is 5.63. The molecule has 0 atom stereocenters. The lowest BCUT2D eigenvalue weighted by Gasteiger charge is -2.01. The van der Waals surface area contributed by atoms with Gasteiger partial charge in [0.1, 0.15) is 0 Å². The van der Waals surface area contributed by atoms with Gasteiger partial charge in [0.15, 0.2) is 0 Å². The van der Waals surface area contributed by atoms with E-state index in [1.807, 2.05) is 42.9 Å². The number of hydrogen-bond acceptors (Lipinski definition) is 3. The van der Waals surface area contributed by atoms with Crippen LogP contribution in [0.3, 0.4) is 0 Å². The van der Waals surface area contributed by atoms with Crippen LogP contribution in [0, 0.1) is 6.92 Å². The third-order valence-corrected chi connectivity index (χ3v) is 3.16. The van der Waals surface area contributed by atoms with Gasteiger partial charge in [-0.2, -0.15) is 5.10 Å². The van der Waals surface area contributed by atoms with Gasteiger partial charge in [0.05, 0.1) is 10.7 Å². The van der Waals surface area contributed by atoms with Gasteiger partial charge in [-0.15, -0.1) is 0 Å². The lowest BCUT2D eigenvalue weighted by atomic mass is 10.3. The van der Waals surface area contributed by atoms with Gasteiger partial charge in [0, 0.05) is 17.6 Å². The molecule has 0 aliphatic heterocycles. The molecular formula is C11H13N3S. The first-order valence-corrected chi connectivity index (χ1v) is 5.51. The van der Waals surface area contributed by atoms with Crippen molar-refractivity contribution in [3.63, 3.8) is 0 Å². The number of aryl methyl sites for hydroxylation is 2. The number of rotatable bonds is 2. The van der Waals surface area contributed by atoms with Crippen molar-refractivity contribution in [1.29, 1.82) is 0 Å². The minimum Gasteiger partial charge on any atom is -0.399 e. The Labute approximate surface area is 93.3 Å². The second kappa shape index (κ2) is 3.98. The van der Waals surface area contributed by atoms with Crippen molar-refractivity contribution in [2.75, 3.05) is 5.73 Å². The summed E-state index contributed by atoms with van der Waals surface area (Å²) >= 11 is 1.69. The molecule has 0 bridgehead atoms. The molecule has 4 heteroatoms. The predicted octanol–water partition coefficient (Wildman–Crippen LogP) is 2.46. The lowest BCUT2D eigenvalue weighted by Crippen LogP contribution is -1.92. The van der Waals surface area contributed by atoms with E-state index in [-0.39, 0.29) is 0 Å². The number of hydrogen-bond donors (Lipinski definition) is 1. The topological polar surface area (TPSA) is 43.8 Å². The summed E-state index contributed by atoms with van der Waals surface area (Å²) < 4.78 is 1.89. The molecule has 2 rings (SSSR count). The van der Waals surface area contributed by atoms with Crippen LogP contribution in [0.2, 0.25) is 0 Å². The molecule has 0 spiro atoms. The lowest BCUT2D eigenvalue weighted by molar-refractivity contribution is 0.692. The number of nitrogen functional groups attached to an aromatic ring is 1. The molecule has 15 heavy (non-hydrogen) atoms. The zero-order valence-corrected chi connectivity index (χ0v) is 9.58. The van der Waals surface area contributed by atoms with Crippen LogP contribution < -0.4 is 5.73 Å². The summed E-state index contributed by atoms with van der Waals surface area (Å²) in [6, 6.07) is 9.92. The quantitative estimate of drug-likeness (QED) is 0.789. The Bertz CT molecular complexity index is 459. The highest BCUT2D eigenvalue weighted by molar-refractivity contribution is 7.99. The molecule has 2 N–H and O–H groups in total. The van der Waals surface area contributed by atoms with E-state index in [2.05, 4.69) is 11.2 Å². The SMILES string of the molecule is Cc1cc(Sc2ccc(N)cc2)n(C)n1. The molecular weight excluding hydrogens is 206 g/mol. The molecule has 0 radical (unpaired) electrons. The Morgan fingerprint density at radius 3 is 2.47 bits per heavy atom. The van der Waals surface area contributed by atoms with Crippen molar-refractivity contribution in [2.24, 2.45) is 7.05 Å². The number of nitrogens with two attached hydrogens (primary N) is 1. The van der Waals surface area contributed by atoms with Crippen molar-refractivity contribution in [1.82, 2.24) is 9.78 Å². The van der Waals surface area contributed by atoms with Gasteiger partial charge in [0.25, 0.3) is 0 Å². The summed E-state index contributed by atoms with van der Waals surface area (Å²) in [5.74, 6) is 0. The maximum Gasteiger partial charge on any atom is 0.0986 e. The van der Waals surface area contributed by atoms with Gasteiger partial charge < -0.3 is 5.73 Å². The van der Waals surface area contributed by atoms with Crippen LogP contribution in [0.25, 0.3) is 0 Å². The molecule has 3 nitrogen and oxygen atoms in total. The first kappa shape index (κ1) is 10.1. The second-order valence-electron chi connectivity index (χ2n) is 3.42. The van der Waals surface area contributed by atoms with Gasteiger partial charge in [-0.25, -0.2) is 0 Å². The van der Waals surface area contributed by atoms with Gasteiger partial charge in [-0.1, -0.05) is 11.8 Å². The van der Waals surface area contributed by atoms with E-state index in [0.29, 0.717) is 0 Å². The molecule has 0 aliphatic rings. The third kappa shape index (κ3) is 2.33. The fourth-order valence-corrected chi connectivity index (χ4v) is 2.26. The predicted molar refractivity (Wildman–Crippen MR) is 62.9 cm³/mol. The standard InChI is InChI=1S/C11H13N3S/c1-8-7-11(14(2)13-8)15-10-5-3-9(12)4-6-10/h3-7H,12H2,1-2H3. The molecule has 1 aromatic carbocycles. The van der Waals surface area contributed by atoms with Gasteiger partial charge in [-0.3, -0.25) is 4.68 Å². The number of aromatic nitrogens is 2. The number of benzene rings is 1. The minimum atomic E-state index is 0.792. The fourth-order valence-electron chi connectivity index (χ4n) is 1.34. The molecule has 2 aromatic rings. The van der Waals surface area contributed by atoms with Crippen LogP contribution in [0.4, 0.5) is 5.69 Å². The zero-order chi connectivity index (χ0) is 10.8. The van der Waals surface area contributed by atoms with Crippen LogP contribution in [0.15, 0.2) is 40.3 Å². The fraction of sp³-hybridized carbons (Fsp3) is 0.182. The maximum absolute atomic E-state index is 5.63. The van der Waals surface area contributed by atoms with Crippen LogP contribution >= 0.6 is 11.8 Å². The number of anilines is 1. The smallest absolute Gasteiger partial charge is 0.0986 e. The van der Waals surface area contributed by atoms with E-state index in [9.17, 15) is 0 Å². The molecule has 0 aliphatic carbocycles. The molecule has 0 saturated carbocycles. The summed E-state index contributed by atoms with van der Waals surface area (Å²) in [5.41, 5.74) is 7.46. The van der Waals surface area contributed by atoms with Crippen LogP contribution in [-0.2, 0) is 7.05 Å². The molecule has 0 unspecified atom stereocenters. The van der Waals surface area contributed by atoms with Crippen LogP contribution in [0.5, 0.6) is 0 Å². The van der Waals surface area contributed by atoms with Crippen LogP contribution in [-0.4, -0.2) is 9.78 Å². The van der Waals surface area contributed by atoms with Crippen molar-refractivity contribution in [3.8, 4) is 0 Å². The van der Waals surface area contributed by atoms with E-state index < -0.39 is 0 Å². The van der Waals surface area contributed by atoms with E-state index in [0.717, 1.165) is 16.4 Å². The molecule has 1 aromatic heterocycles. The van der Waals surface area contributed by atoms with E-state index >= 15 is 0 Å². The molecule has 0 saturated heterocycles. The van der Waals surface area contributed by atoms with Crippen molar-refractivity contribution in [3.05, 3.63) is 36.0 Å². The highest BCUT2D eigenvalue weighted by Crippen LogP contribution is 2.28. The number of nitrogens with zero attached hydrogens (tertiary/aromatic N) is 2. The van der Waals surface area contributed by atoms with E-state index in [1.54, 1.807) is 11.8 Å². The highest BCUT2D eigenvalue weighted by Gasteiger charge is 2.03. The Morgan fingerprint density at radius 1 is 1.27 bits per heavy atom. The van der Waals surface area contributed by atoms with E-state index in [4.69, 9.17) is 5.73 Å². The molecule has 78 valence electrons. The third-order valence-electron chi connectivity index (χ3n) is 2.06.